The van der Waals surface area contributed by atoms with E-state index >= 15 is 0 Å². The van der Waals surface area contributed by atoms with Gasteiger partial charge in [0.2, 0.25) is 0 Å². The summed E-state index contributed by atoms with van der Waals surface area (Å²) in [7, 11) is -3.48. The Morgan fingerprint density at radius 3 is 2.78 bits per heavy atom. The molecule has 0 bridgehead atoms. The number of nitrogens with zero attached hydrogens (tertiary/aromatic N) is 2. The Kier molecular flexibility index (Phi) is 5.04. The number of rotatable bonds is 5. The minimum Gasteiger partial charge on any atom is -0.458 e. The first kappa shape index (κ1) is 21.1. The molecule has 2 aliphatic rings. The zero-order valence-corrected chi connectivity index (χ0v) is 18.8. The molecule has 9 heteroatoms. The van der Waals surface area contributed by atoms with Crippen molar-refractivity contribution in [3.8, 4) is 11.4 Å². The SMILES string of the molecule is CCCc1ccc2nc3c(cc2c1)Cn1c-3cc2c(c1=O)COC(=O)[C@@]2(CC)O[PH](=O)O. The Bertz CT molecular complexity index is 1360. The van der Waals surface area contributed by atoms with Crippen LogP contribution in [0, 0.1) is 0 Å². The summed E-state index contributed by atoms with van der Waals surface area (Å²) in [5, 5.41) is 1.02. The molecule has 0 amide bonds. The topological polar surface area (TPSA) is 108 Å². The molecule has 166 valence electrons. The Morgan fingerprint density at radius 2 is 2.06 bits per heavy atom. The van der Waals surface area contributed by atoms with Crippen molar-refractivity contribution in [2.75, 3.05) is 0 Å². The van der Waals surface area contributed by atoms with E-state index < -0.39 is 19.8 Å². The summed E-state index contributed by atoms with van der Waals surface area (Å²) in [5.74, 6) is -0.766. The molecule has 2 aliphatic heterocycles. The third-order valence-electron chi connectivity index (χ3n) is 6.34. The fourth-order valence-corrected chi connectivity index (χ4v) is 5.42. The van der Waals surface area contributed by atoms with E-state index in [1.54, 1.807) is 17.6 Å². The minimum absolute atomic E-state index is 0.0525. The largest absolute Gasteiger partial charge is 0.458 e. The molecule has 32 heavy (non-hydrogen) atoms. The molecule has 2 atom stereocenters. The van der Waals surface area contributed by atoms with Gasteiger partial charge in [-0.05, 0) is 42.7 Å². The molecule has 5 rings (SSSR count). The number of benzene rings is 1. The molecular formula is C23H23N2O6P. The van der Waals surface area contributed by atoms with E-state index in [0.29, 0.717) is 17.9 Å². The molecule has 0 saturated heterocycles. The van der Waals surface area contributed by atoms with E-state index in [4.69, 9.17) is 14.2 Å². The van der Waals surface area contributed by atoms with E-state index in [2.05, 4.69) is 25.1 Å². The van der Waals surface area contributed by atoms with E-state index in [0.717, 1.165) is 29.3 Å². The van der Waals surface area contributed by atoms with Crippen LogP contribution in [0.4, 0.5) is 0 Å². The summed E-state index contributed by atoms with van der Waals surface area (Å²) in [6.45, 7) is 3.96. The molecule has 3 aromatic rings. The molecule has 4 heterocycles. The maximum Gasteiger partial charge on any atom is 0.344 e. The minimum atomic E-state index is -3.48. The molecule has 0 radical (unpaired) electrons. The van der Waals surface area contributed by atoms with Gasteiger partial charge in [-0.15, -0.1) is 0 Å². The average molecular weight is 454 g/mol. The number of aryl methyl sites for hydroxylation is 1. The van der Waals surface area contributed by atoms with Crippen molar-refractivity contribution in [2.45, 2.75) is 51.9 Å². The van der Waals surface area contributed by atoms with Gasteiger partial charge in [0, 0.05) is 16.5 Å². The summed E-state index contributed by atoms with van der Waals surface area (Å²) in [5.41, 5.74) is 2.66. The van der Waals surface area contributed by atoms with Gasteiger partial charge in [-0.3, -0.25) is 13.9 Å². The van der Waals surface area contributed by atoms with Crippen molar-refractivity contribution in [3.63, 3.8) is 0 Å². The first-order valence-corrected chi connectivity index (χ1v) is 11.9. The monoisotopic (exact) mass is 454 g/mol. The number of aromatic nitrogens is 2. The lowest BCUT2D eigenvalue weighted by Crippen LogP contribution is -2.45. The van der Waals surface area contributed by atoms with Crippen molar-refractivity contribution in [3.05, 3.63) is 62.9 Å². The molecular weight excluding hydrogens is 431 g/mol. The Morgan fingerprint density at radius 1 is 1.25 bits per heavy atom. The van der Waals surface area contributed by atoms with Gasteiger partial charge in [0.1, 0.15) is 6.61 Å². The second-order valence-corrected chi connectivity index (χ2v) is 8.95. The van der Waals surface area contributed by atoms with Crippen LogP contribution in [0.1, 0.15) is 48.9 Å². The van der Waals surface area contributed by atoms with E-state index in [1.807, 2.05) is 6.07 Å². The van der Waals surface area contributed by atoms with Crippen molar-refractivity contribution in [1.29, 1.82) is 0 Å². The number of carbonyl (C=O) groups excluding carboxylic acids is 1. The lowest BCUT2D eigenvalue weighted by Gasteiger charge is -2.34. The zero-order valence-electron chi connectivity index (χ0n) is 17.8. The summed E-state index contributed by atoms with van der Waals surface area (Å²) in [4.78, 5) is 40.3. The predicted octanol–water partition coefficient (Wildman–Crippen LogP) is 3.44. The molecule has 8 nitrogen and oxygen atoms in total. The second kappa shape index (κ2) is 7.66. The summed E-state index contributed by atoms with van der Waals surface area (Å²) < 4.78 is 23.6. The predicted molar refractivity (Wildman–Crippen MR) is 119 cm³/mol. The van der Waals surface area contributed by atoms with Gasteiger partial charge in [0.25, 0.3) is 5.56 Å². The summed E-state index contributed by atoms with van der Waals surface area (Å²) >= 11 is 0. The Balaban J connectivity index is 1.72. The fraction of sp³-hybridized carbons (Fsp3) is 0.348. The van der Waals surface area contributed by atoms with Crippen molar-refractivity contribution in [1.82, 2.24) is 9.55 Å². The quantitative estimate of drug-likeness (QED) is 0.364. The third kappa shape index (κ3) is 3.05. The van der Waals surface area contributed by atoms with Crippen LogP contribution in [0.5, 0.6) is 0 Å². The van der Waals surface area contributed by atoms with Gasteiger partial charge in [-0.25, -0.2) is 9.78 Å². The molecule has 1 aromatic carbocycles. The third-order valence-corrected chi connectivity index (χ3v) is 6.86. The number of esters is 1. The van der Waals surface area contributed by atoms with Gasteiger partial charge < -0.3 is 14.2 Å². The van der Waals surface area contributed by atoms with Crippen molar-refractivity contribution in [2.24, 2.45) is 0 Å². The Hall–Kier alpha value is -2.80. The standard InChI is InChI=1S/C23H23N2O6P/c1-3-5-13-6-7-18-14(8-13)9-15-11-25-19(20(15)24-18)10-17-16(21(25)26)12-30-22(27)23(17,4-2)31-32(28)29/h6-10,32H,3-5,11-12H2,1-2H3,(H,28,29)/t23-/m0/s1. The van der Waals surface area contributed by atoms with Gasteiger partial charge in [0.05, 0.1) is 29.0 Å². The van der Waals surface area contributed by atoms with Crippen LogP contribution in [0.3, 0.4) is 0 Å². The lowest BCUT2D eigenvalue weighted by atomic mass is 9.86. The average Bonchev–Trinajstić information content (AvgIpc) is 3.12. The molecule has 0 aliphatic carbocycles. The van der Waals surface area contributed by atoms with Crippen molar-refractivity contribution < 1.29 is 23.5 Å². The van der Waals surface area contributed by atoms with Crippen LogP contribution in [0.2, 0.25) is 0 Å². The highest BCUT2D eigenvalue weighted by Gasteiger charge is 2.49. The number of fused-ring (bicyclic) bond motifs is 5. The Labute approximate surface area is 184 Å². The molecule has 2 aromatic heterocycles. The summed E-state index contributed by atoms with van der Waals surface area (Å²) in [6.07, 6.45) is 2.09. The van der Waals surface area contributed by atoms with Crippen LogP contribution in [0.25, 0.3) is 22.3 Å². The first-order chi connectivity index (χ1) is 15.4. The number of hydrogen-bond donors (Lipinski definition) is 1. The molecule has 1 unspecified atom stereocenters. The second-order valence-electron chi connectivity index (χ2n) is 8.21. The molecule has 0 saturated carbocycles. The molecule has 0 spiro atoms. The van der Waals surface area contributed by atoms with Gasteiger partial charge in [0.15, 0.2) is 5.60 Å². The van der Waals surface area contributed by atoms with Gasteiger partial charge >= 0.3 is 14.2 Å². The zero-order chi connectivity index (χ0) is 22.6. The molecule has 0 fully saturated rings. The maximum absolute atomic E-state index is 13.4. The lowest BCUT2D eigenvalue weighted by molar-refractivity contribution is -0.169. The van der Waals surface area contributed by atoms with E-state index in [1.165, 1.54) is 5.56 Å². The highest BCUT2D eigenvalue weighted by Crippen LogP contribution is 2.44. The van der Waals surface area contributed by atoms with Crippen LogP contribution in [0.15, 0.2) is 35.1 Å². The van der Waals surface area contributed by atoms with Crippen molar-refractivity contribution >= 4 is 25.1 Å². The van der Waals surface area contributed by atoms with Gasteiger partial charge in [-0.2, -0.15) is 0 Å². The number of cyclic esters (lactones) is 1. The summed E-state index contributed by atoms with van der Waals surface area (Å²) in [6, 6.07) is 9.92. The first-order valence-electron chi connectivity index (χ1n) is 10.7. The van der Waals surface area contributed by atoms with E-state index in [9.17, 15) is 19.0 Å². The van der Waals surface area contributed by atoms with Crippen LogP contribution < -0.4 is 5.56 Å². The van der Waals surface area contributed by atoms with Crippen LogP contribution >= 0.6 is 8.25 Å². The normalized spacial score (nSPS) is 19.9. The maximum atomic E-state index is 13.4. The number of ether oxygens (including phenoxy) is 1. The van der Waals surface area contributed by atoms with Crippen LogP contribution in [-0.2, 0) is 43.8 Å². The molecule has 1 N–H and O–H groups in total. The highest BCUT2D eigenvalue weighted by molar-refractivity contribution is 7.32. The number of carbonyl (C=O) groups is 1. The van der Waals surface area contributed by atoms with Gasteiger partial charge in [-0.1, -0.05) is 26.3 Å². The number of pyridine rings is 2. The number of hydrogen-bond acceptors (Lipinski definition) is 6. The smallest absolute Gasteiger partial charge is 0.344 e. The van der Waals surface area contributed by atoms with E-state index in [-0.39, 0.29) is 29.7 Å². The van der Waals surface area contributed by atoms with Crippen LogP contribution in [-0.4, -0.2) is 20.4 Å². The highest BCUT2D eigenvalue weighted by atomic mass is 31.1. The fourth-order valence-electron chi connectivity index (χ4n) is 4.79.